The minimum absolute atomic E-state index is 0.0351. The summed E-state index contributed by atoms with van der Waals surface area (Å²) in [5, 5.41) is 15.3. The number of furan rings is 1. The van der Waals surface area contributed by atoms with Crippen molar-refractivity contribution in [3.63, 3.8) is 0 Å². The first-order valence-electron chi connectivity index (χ1n) is 8.71. The van der Waals surface area contributed by atoms with Crippen molar-refractivity contribution < 1.29 is 19.1 Å². The Morgan fingerprint density at radius 2 is 2.04 bits per heavy atom. The predicted molar refractivity (Wildman–Crippen MR) is 99.0 cm³/mol. The first kappa shape index (κ1) is 18.9. The van der Waals surface area contributed by atoms with E-state index in [0.717, 1.165) is 0 Å². The Bertz CT molecular complexity index is 909. The molecule has 0 radical (unpaired) electrons. The van der Waals surface area contributed by atoms with Crippen molar-refractivity contribution in [2.24, 2.45) is 7.05 Å². The number of hydrogen-bond donors (Lipinski definition) is 1. The van der Waals surface area contributed by atoms with Gasteiger partial charge in [-0.2, -0.15) is 5.10 Å². The van der Waals surface area contributed by atoms with Crippen LogP contribution < -0.4 is 0 Å². The lowest BCUT2D eigenvalue weighted by Crippen LogP contribution is -2.35. The SMILES string of the molecule is Cc1nn(C)c(C)c1/C(O)=C1\C(=O)C(=O)N(CCN(C)C)C1c1ccco1. The number of hydrogen-bond acceptors (Lipinski definition) is 6. The predicted octanol–water partition coefficient (Wildman–Crippen LogP) is 1.61. The van der Waals surface area contributed by atoms with Gasteiger partial charge in [0.15, 0.2) is 0 Å². The van der Waals surface area contributed by atoms with Crippen molar-refractivity contribution in [3.05, 3.63) is 46.7 Å². The molecule has 1 unspecified atom stereocenters. The number of rotatable bonds is 5. The zero-order valence-corrected chi connectivity index (χ0v) is 16.2. The molecule has 3 rings (SSSR count). The van der Waals surface area contributed by atoms with Gasteiger partial charge in [0.1, 0.15) is 17.6 Å². The molecule has 1 atom stereocenters. The zero-order chi connectivity index (χ0) is 19.9. The molecule has 1 fully saturated rings. The van der Waals surface area contributed by atoms with E-state index < -0.39 is 17.7 Å². The molecule has 0 aliphatic carbocycles. The average Bonchev–Trinajstić information content (AvgIpc) is 3.26. The van der Waals surface area contributed by atoms with Gasteiger partial charge in [-0.25, -0.2) is 0 Å². The topological polar surface area (TPSA) is 91.8 Å². The largest absolute Gasteiger partial charge is 0.507 e. The lowest BCUT2D eigenvalue weighted by Gasteiger charge is -2.24. The molecule has 1 amide bonds. The van der Waals surface area contributed by atoms with E-state index in [-0.39, 0.29) is 11.3 Å². The van der Waals surface area contributed by atoms with Gasteiger partial charge in [-0.05, 0) is 40.1 Å². The number of amides is 1. The molecule has 1 aliphatic rings. The number of carbonyl (C=O) groups is 2. The van der Waals surface area contributed by atoms with Crippen LogP contribution in [0.1, 0.15) is 28.8 Å². The van der Waals surface area contributed by atoms with Crippen molar-refractivity contribution in [1.29, 1.82) is 0 Å². The summed E-state index contributed by atoms with van der Waals surface area (Å²) in [6.07, 6.45) is 1.49. The van der Waals surface area contributed by atoms with Crippen LogP contribution in [0.3, 0.4) is 0 Å². The smallest absolute Gasteiger partial charge is 0.295 e. The Labute approximate surface area is 157 Å². The minimum Gasteiger partial charge on any atom is -0.507 e. The van der Waals surface area contributed by atoms with Crippen LogP contribution in [-0.4, -0.2) is 63.6 Å². The summed E-state index contributed by atoms with van der Waals surface area (Å²) in [5.41, 5.74) is 1.81. The van der Waals surface area contributed by atoms with E-state index in [4.69, 9.17) is 4.42 Å². The monoisotopic (exact) mass is 372 g/mol. The average molecular weight is 372 g/mol. The summed E-state index contributed by atoms with van der Waals surface area (Å²) in [5.74, 6) is -1.13. The second-order valence-electron chi connectivity index (χ2n) is 6.98. The summed E-state index contributed by atoms with van der Waals surface area (Å²) in [4.78, 5) is 28.9. The number of Topliss-reactive ketones (excluding diaryl/α,β-unsaturated/α-hetero) is 1. The molecular formula is C19H24N4O4. The Hall–Kier alpha value is -2.87. The van der Waals surface area contributed by atoms with Crippen LogP contribution in [0, 0.1) is 13.8 Å². The highest BCUT2D eigenvalue weighted by Gasteiger charge is 2.47. The first-order valence-corrected chi connectivity index (χ1v) is 8.71. The van der Waals surface area contributed by atoms with Gasteiger partial charge in [0.25, 0.3) is 11.7 Å². The summed E-state index contributed by atoms with van der Waals surface area (Å²) in [6, 6.07) is 2.64. The van der Waals surface area contributed by atoms with Crippen LogP contribution in [0.4, 0.5) is 0 Å². The second kappa shape index (κ2) is 7.03. The van der Waals surface area contributed by atoms with Crippen LogP contribution in [0.15, 0.2) is 28.4 Å². The Morgan fingerprint density at radius 3 is 2.56 bits per heavy atom. The molecule has 0 bridgehead atoms. The van der Waals surface area contributed by atoms with Crippen LogP contribution in [0.5, 0.6) is 0 Å². The van der Waals surface area contributed by atoms with E-state index in [2.05, 4.69) is 5.10 Å². The maximum absolute atomic E-state index is 12.8. The number of aromatic nitrogens is 2. The quantitative estimate of drug-likeness (QED) is 0.487. The highest BCUT2D eigenvalue weighted by Crippen LogP contribution is 2.40. The van der Waals surface area contributed by atoms with Gasteiger partial charge < -0.3 is 19.3 Å². The summed E-state index contributed by atoms with van der Waals surface area (Å²) in [6.45, 7) is 4.48. The number of ketones is 1. The van der Waals surface area contributed by atoms with Gasteiger partial charge >= 0.3 is 0 Å². The molecule has 0 saturated carbocycles. The summed E-state index contributed by atoms with van der Waals surface area (Å²) >= 11 is 0. The van der Waals surface area contributed by atoms with Gasteiger partial charge in [-0.1, -0.05) is 0 Å². The highest BCUT2D eigenvalue weighted by molar-refractivity contribution is 6.46. The van der Waals surface area contributed by atoms with E-state index in [1.807, 2.05) is 19.0 Å². The highest BCUT2D eigenvalue weighted by atomic mass is 16.3. The fourth-order valence-electron chi connectivity index (χ4n) is 3.41. The normalized spacial score (nSPS) is 19.5. The molecular weight excluding hydrogens is 348 g/mol. The molecule has 1 N–H and O–H groups in total. The third-order valence-corrected chi connectivity index (χ3v) is 4.89. The molecule has 1 aliphatic heterocycles. The second-order valence-corrected chi connectivity index (χ2v) is 6.98. The molecule has 1 saturated heterocycles. The lowest BCUT2D eigenvalue weighted by atomic mass is 9.98. The Balaban J connectivity index is 2.17. The Morgan fingerprint density at radius 1 is 1.33 bits per heavy atom. The number of likely N-dealkylation sites (N-methyl/N-ethyl adjacent to an activating group) is 1. The van der Waals surface area contributed by atoms with E-state index >= 15 is 0 Å². The minimum atomic E-state index is -0.765. The van der Waals surface area contributed by atoms with Gasteiger partial charge in [-0.3, -0.25) is 14.3 Å². The molecule has 8 nitrogen and oxygen atoms in total. The van der Waals surface area contributed by atoms with Gasteiger partial charge in [0.2, 0.25) is 0 Å². The standard InChI is InChI=1S/C19H24N4O4/c1-11-14(12(2)22(5)20-11)17(24)15-16(13-7-6-10-27-13)23(9-8-21(3)4)19(26)18(15)25/h6-7,10,16,24H,8-9H2,1-5H3/b17-15+. The summed E-state index contributed by atoms with van der Waals surface area (Å²) in [7, 11) is 5.54. The maximum Gasteiger partial charge on any atom is 0.295 e. The molecule has 8 heteroatoms. The van der Waals surface area contributed by atoms with E-state index in [0.29, 0.717) is 35.8 Å². The lowest BCUT2D eigenvalue weighted by molar-refractivity contribution is -0.140. The molecule has 0 spiro atoms. The fraction of sp³-hybridized carbons (Fsp3) is 0.421. The van der Waals surface area contributed by atoms with E-state index in [9.17, 15) is 14.7 Å². The molecule has 144 valence electrons. The zero-order valence-electron chi connectivity index (χ0n) is 16.2. The van der Waals surface area contributed by atoms with E-state index in [1.54, 1.807) is 37.7 Å². The van der Waals surface area contributed by atoms with Crippen LogP contribution in [-0.2, 0) is 16.6 Å². The van der Waals surface area contributed by atoms with Gasteiger partial charge in [0.05, 0.1) is 23.1 Å². The first-order chi connectivity index (χ1) is 12.7. The Kier molecular flexibility index (Phi) is 4.93. The number of nitrogens with zero attached hydrogens (tertiary/aromatic N) is 4. The van der Waals surface area contributed by atoms with Crippen LogP contribution in [0.2, 0.25) is 0 Å². The number of carbonyl (C=O) groups excluding carboxylic acids is 2. The van der Waals surface area contributed by atoms with Crippen LogP contribution >= 0.6 is 0 Å². The maximum atomic E-state index is 12.8. The van der Waals surface area contributed by atoms with Gasteiger partial charge in [0, 0.05) is 25.8 Å². The number of aliphatic hydroxyl groups excluding tert-OH is 1. The van der Waals surface area contributed by atoms with Crippen molar-refractivity contribution in [3.8, 4) is 0 Å². The van der Waals surface area contributed by atoms with E-state index in [1.165, 1.54) is 11.2 Å². The fourth-order valence-corrected chi connectivity index (χ4v) is 3.41. The molecule has 0 aromatic carbocycles. The summed E-state index contributed by atoms with van der Waals surface area (Å²) < 4.78 is 7.14. The van der Waals surface area contributed by atoms with Crippen molar-refractivity contribution in [2.75, 3.05) is 27.2 Å². The third kappa shape index (κ3) is 3.16. The van der Waals surface area contributed by atoms with Crippen molar-refractivity contribution >= 4 is 17.4 Å². The molecule has 2 aromatic heterocycles. The van der Waals surface area contributed by atoms with Crippen molar-refractivity contribution in [1.82, 2.24) is 19.6 Å². The molecule has 3 heterocycles. The van der Waals surface area contributed by atoms with Crippen molar-refractivity contribution in [2.45, 2.75) is 19.9 Å². The van der Waals surface area contributed by atoms with Gasteiger partial charge in [-0.15, -0.1) is 0 Å². The molecule has 2 aromatic rings. The number of aliphatic hydroxyl groups is 1. The van der Waals surface area contributed by atoms with Crippen LogP contribution in [0.25, 0.3) is 5.76 Å². The number of aryl methyl sites for hydroxylation is 2. The number of likely N-dealkylation sites (tertiary alicyclic amines) is 1. The third-order valence-electron chi connectivity index (χ3n) is 4.89. The molecule has 27 heavy (non-hydrogen) atoms.